The smallest absolute Gasteiger partial charge is 0.417 e. The highest BCUT2D eigenvalue weighted by Gasteiger charge is 2.41. The predicted molar refractivity (Wildman–Crippen MR) is 52.2 cm³/mol. The van der Waals surface area contributed by atoms with Crippen molar-refractivity contribution in [2.45, 2.75) is 45.8 Å². The molecule has 2 amide bonds. The number of rotatable bonds is 0. The largest absolute Gasteiger partial charge is 0.443 e. The van der Waals surface area contributed by atoms with E-state index in [-0.39, 0.29) is 12.2 Å². The summed E-state index contributed by atoms with van der Waals surface area (Å²) in [5, 5.41) is 0. The second kappa shape index (κ2) is 3.64. The van der Waals surface area contributed by atoms with Gasteiger partial charge in [0.05, 0.1) is 12.5 Å². The summed E-state index contributed by atoms with van der Waals surface area (Å²) in [5.41, 5.74) is -0.664. The number of carbonyl (C=O) groups is 3. The van der Waals surface area contributed by atoms with Crippen LogP contribution in [0.3, 0.4) is 0 Å². The van der Waals surface area contributed by atoms with E-state index in [0.717, 1.165) is 4.90 Å². The molecule has 1 saturated heterocycles. The molecule has 15 heavy (non-hydrogen) atoms. The summed E-state index contributed by atoms with van der Waals surface area (Å²) in [6.07, 6.45) is -0.953. The van der Waals surface area contributed by atoms with Gasteiger partial charge < -0.3 is 4.74 Å². The first-order valence-electron chi connectivity index (χ1n) is 4.80. The van der Waals surface area contributed by atoms with Crippen LogP contribution < -0.4 is 0 Å². The van der Waals surface area contributed by atoms with Crippen molar-refractivity contribution in [3.05, 3.63) is 0 Å². The molecule has 1 aliphatic rings. The van der Waals surface area contributed by atoms with Crippen LogP contribution in [-0.2, 0) is 14.3 Å². The lowest BCUT2D eigenvalue weighted by Gasteiger charge is -2.25. The number of imide groups is 1. The van der Waals surface area contributed by atoms with Crippen molar-refractivity contribution in [3.63, 3.8) is 0 Å². The van der Waals surface area contributed by atoms with Crippen LogP contribution in [0.15, 0.2) is 0 Å². The zero-order valence-corrected chi connectivity index (χ0v) is 9.36. The molecule has 0 spiro atoms. The number of amides is 2. The molecular weight excluding hydrogens is 198 g/mol. The maximum Gasteiger partial charge on any atom is 0.417 e. The predicted octanol–water partition coefficient (Wildman–Crippen LogP) is 1.11. The molecule has 0 aromatic carbocycles. The average Bonchev–Trinajstić information content (AvgIpc) is 2.22. The van der Waals surface area contributed by atoms with E-state index in [9.17, 15) is 14.4 Å². The van der Waals surface area contributed by atoms with Crippen molar-refractivity contribution in [2.75, 3.05) is 0 Å². The number of likely N-dealkylation sites (tertiary alicyclic amines) is 1. The zero-order valence-electron chi connectivity index (χ0n) is 9.36. The second-order valence-electron chi connectivity index (χ2n) is 4.56. The summed E-state index contributed by atoms with van der Waals surface area (Å²) in [4.78, 5) is 35.0. The van der Waals surface area contributed by atoms with Crippen LogP contribution in [0, 0.1) is 0 Å². The van der Waals surface area contributed by atoms with Crippen LogP contribution >= 0.6 is 0 Å². The molecule has 0 saturated carbocycles. The highest BCUT2D eigenvalue weighted by molar-refractivity contribution is 6.13. The molecule has 1 atom stereocenters. The van der Waals surface area contributed by atoms with Gasteiger partial charge in [0.1, 0.15) is 5.60 Å². The van der Waals surface area contributed by atoms with Crippen molar-refractivity contribution < 1.29 is 19.1 Å². The summed E-state index contributed by atoms with van der Waals surface area (Å²) in [6, 6.07) is -0.702. The molecule has 84 valence electrons. The molecule has 1 fully saturated rings. The SMILES string of the molecule is CC1C(=O)CC(=O)N1C(=O)OC(C)(C)C. The first-order chi connectivity index (χ1) is 6.72. The van der Waals surface area contributed by atoms with Crippen LogP contribution in [0.5, 0.6) is 0 Å². The molecule has 1 unspecified atom stereocenters. The number of nitrogens with zero attached hydrogens (tertiary/aromatic N) is 1. The fraction of sp³-hybridized carbons (Fsp3) is 0.700. The Morgan fingerprint density at radius 1 is 1.40 bits per heavy atom. The lowest BCUT2D eigenvalue weighted by molar-refractivity contribution is -0.127. The molecule has 0 bridgehead atoms. The van der Waals surface area contributed by atoms with Crippen molar-refractivity contribution in [1.29, 1.82) is 0 Å². The van der Waals surface area contributed by atoms with Crippen molar-refractivity contribution in [2.24, 2.45) is 0 Å². The summed E-state index contributed by atoms with van der Waals surface area (Å²) in [6.45, 7) is 6.64. The number of hydrogen-bond donors (Lipinski definition) is 0. The molecular formula is C10H15NO4. The molecule has 0 N–H and O–H groups in total. The Labute approximate surface area is 88.4 Å². The Balaban J connectivity index is 2.76. The Kier molecular flexibility index (Phi) is 2.83. The fourth-order valence-corrected chi connectivity index (χ4v) is 1.31. The van der Waals surface area contributed by atoms with Gasteiger partial charge in [-0.2, -0.15) is 0 Å². The fourth-order valence-electron chi connectivity index (χ4n) is 1.31. The molecule has 1 heterocycles. The van der Waals surface area contributed by atoms with E-state index >= 15 is 0 Å². The number of Topliss-reactive ketones (excluding diaryl/α,β-unsaturated/α-hetero) is 1. The third kappa shape index (κ3) is 2.55. The van der Waals surface area contributed by atoms with Gasteiger partial charge in [0.2, 0.25) is 5.91 Å². The molecule has 0 radical (unpaired) electrons. The normalized spacial score (nSPS) is 22.1. The Morgan fingerprint density at radius 2 is 1.93 bits per heavy atom. The average molecular weight is 213 g/mol. The van der Waals surface area contributed by atoms with Crippen LogP contribution in [0.2, 0.25) is 0 Å². The molecule has 0 aromatic rings. The van der Waals surface area contributed by atoms with E-state index in [1.54, 1.807) is 20.8 Å². The molecule has 0 aliphatic carbocycles. The van der Waals surface area contributed by atoms with Crippen molar-refractivity contribution in [3.8, 4) is 0 Å². The molecule has 1 rings (SSSR count). The summed E-state index contributed by atoms with van der Waals surface area (Å²) in [5.74, 6) is -0.729. The number of carbonyl (C=O) groups excluding carboxylic acids is 3. The lowest BCUT2D eigenvalue weighted by atomic mass is 10.2. The van der Waals surface area contributed by atoms with E-state index in [1.807, 2.05) is 0 Å². The van der Waals surface area contributed by atoms with Crippen LogP contribution in [0.4, 0.5) is 4.79 Å². The first-order valence-corrected chi connectivity index (χ1v) is 4.80. The van der Waals surface area contributed by atoms with Crippen LogP contribution in [0.1, 0.15) is 34.1 Å². The lowest BCUT2D eigenvalue weighted by Crippen LogP contribution is -2.42. The van der Waals surface area contributed by atoms with E-state index < -0.39 is 23.6 Å². The number of ether oxygens (including phenoxy) is 1. The van der Waals surface area contributed by atoms with Gasteiger partial charge in [0, 0.05) is 0 Å². The van der Waals surface area contributed by atoms with E-state index in [4.69, 9.17) is 4.74 Å². The van der Waals surface area contributed by atoms with Gasteiger partial charge >= 0.3 is 6.09 Å². The summed E-state index contributed by atoms with van der Waals surface area (Å²) < 4.78 is 5.02. The minimum atomic E-state index is -0.745. The Morgan fingerprint density at radius 3 is 2.27 bits per heavy atom. The van der Waals surface area contributed by atoms with Crippen LogP contribution in [0.25, 0.3) is 0 Å². The van der Waals surface area contributed by atoms with E-state index in [2.05, 4.69) is 0 Å². The van der Waals surface area contributed by atoms with Gasteiger partial charge in [-0.15, -0.1) is 0 Å². The molecule has 5 heteroatoms. The molecule has 1 aliphatic heterocycles. The van der Waals surface area contributed by atoms with E-state index in [1.165, 1.54) is 6.92 Å². The second-order valence-corrected chi connectivity index (χ2v) is 4.56. The van der Waals surface area contributed by atoms with Gasteiger partial charge in [-0.05, 0) is 27.7 Å². The summed E-state index contributed by atoms with van der Waals surface area (Å²) >= 11 is 0. The van der Waals surface area contributed by atoms with E-state index in [0.29, 0.717) is 0 Å². The highest BCUT2D eigenvalue weighted by Crippen LogP contribution is 2.18. The standard InChI is InChI=1S/C10H15NO4/c1-6-7(12)5-8(13)11(6)9(14)15-10(2,3)4/h6H,5H2,1-4H3. The van der Waals surface area contributed by atoms with Gasteiger partial charge in [0.25, 0.3) is 0 Å². The molecule has 5 nitrogen and oxygen atoms in total. The van der Waals surface area contributed by atoms with Gasteiger partial charge in [-0.3, -0.25) is 9.59 Å². The molecule has 0 aromatic heterocycles. The van der Waals surface area contributed by atoms with Gasteiger partial charge in [0.15, 0.2) is 5.78 Å². The van der Waals surface area contributed by atoms with Crippen LogP contribution in [-0.4, -0.2) is 34.3 Å². The van der Waals surface area contributed by atoms with Gasteiger partial charge in [-0.1, -0.05) is 0 Å². The van der Waals surface area contributed by atoms with Gasteiger partial charge in [-0.25, -0.2) is 9.69 Å². The zero-order chi connectivity index (χ0) is 11.8. The Bertz CT molecular complexity index is 316. The minimum Gasteiger partial charge on any atom is -0.443 e. The Hall–Kier alpha value is -1.39. The quantitative estimate of drug-likeness (QED) is 0.565. The maximum atomic E-state index is 11.6. The maximum absolute atomic E-state index is 11.6. The summed E-state index contributed by atoms with van der Waals surface area (Å²) in [7, 11) is 0. The van der Waals surface area contributed by atoms with Crippen molar-refractivity contribution in [1.82, 2.24) is 4.90 Å². The first kappa shape index (κ1) is 11.7. The third-order valence-corrected chi connectivity index (χ3v) is 2.04. The minimum absolute atomic E-state index is 0.208. The monoisotopic (exact) mass is 213 g/mol. The number of hydrogen-bond acceptors (Lipinski definition) is 4. The highest BCUT2D eigenvalue weighted by atomic mass is 16.6. The number of ketones is 1. The third-order valence-electron chi connectivity index (χ3n) is 2.04. The topological polar surface area (TPSA) is 63.7 Å². The van der Waals surface area contributed by atoms with Crippen molar-refractivity contribution >= 4 is 17.8 Å².